The van der Waals surface area contributed by atoms with Crippen molar-refractivity contribution in [3.05, 3.63) is 42.2 Å². The van der Waals surface area contributed by atoms with Crippen molar-refractivity contribution in [1.82, 2.24) is 9.97 Å². The Hall–Kier alpha value is -2.92. The average molecular weight is 650 g/mol. The molecule has 0 saturated carbocycles. The van der Waals surface area contributed by atoms with E-state index in [1.165, 1.54) is 12.4 Å². The molecular weight excluding hydrogens is 626 g/mol. The van der Waals surface area contributed by atoms with Crippen molar-refractivity contribution in [2.75, 3.05) is 0 Å². The predicted octanol–water partition coefficient (Wildman–Crippen LogP) is 9.39. The van der Waals surface area contributed by atoms with Crippen molar-refractivity contribution in [3.8, 4) is 17.1 Å². The summed E-state index contributed by atoms with van der Waals surface area (Å²) in [4.78, 5) is 8.22. The lowest BCUT2D eigenvalue weighted by atomic mass is 10.1. The number of halogens is 14. The molecule has 1 aromatic heterocycles. The number of aromatic nitrogens is 2. The zero-order chi connectivity index (χ0) is 32.9. The van der Waals surface area contributed by atoms with Gasteiger partial charge in [0.25, 0.3) is 0 Å². The van der Waals surface area contributed by atoms with Crippen LogP contribution in [0.25, 0.3) is 11.4 Å². The standard InChI is InChI=1S/C25H24F14N2O2/c1-2-3-4-5-6-7-8-15-13-40-18(41-14-15)16-9-11-17(12-10-16)42-19(26)20(27,28)24(36,37)43-25(38,39)22(31,32)21(29,30)23(33,34)35/h9-14,19H,2-8H2,1H3. The first kappa shape index (κ1) is 36.3. The van der Waals surface area contributed by atoms with E-state index < -0.39 is 48.3 Å². The van der Waals surface area contributed by atoms with Gasteiger partial charge in [-0.05, 0) is 42.7 Å². The summed E-state index contributed by atoms with van der Waals surface area (Å²) in [6.45, 7) is 2.10. The highest BCUT2D eigenvalue weighted by molar-refractivity contribution is 5.55. The van der Waals surface area contributed by atoms with E-state index >= 15 is 0 Å². The number of unbranched alkanes of at least 4 members (excludes halogenated alkanes) is 5. The maximum atomic E-state index is 14.0. The van der Waals surface area contributed by atoms with Crippen LogP contribution in [0.5, 0.6) is 5.75 Å². The Morgan fingerprint density at radius 1 is 0.674 bits per heavy atom. The van der Waals surface area contributed by atoms with E-state index in [0.29, 0.717) is 6.42 Å². The lowest BCUT2D eigenvalue weighted by Gasteiger charge is -2.36. The largest absolute Gasteiger partial charge is 0.460 e. The Morgan fingerprint density at radius 2 is 1.19 bits per heavy atom. The average Bonchev–Trinajstić information content (AvgIpc) is 2.90. The van der Waals surface area contributed by atoms with Crippen LogP contribution in [0.15, 0.2) is 36.7 Å². The first-order valence-electron chi connectivity index (χ1n) is 12.5. The quantitative estimate of drug-likeness (QED) is 0.134. The van der Waals surface area contributed by atoms with Crippen molar-refractivity contribution in [2.24, 2.45) is 0 Å². The van der Waals surface area contributed by atoms with E-state index in [1.54, 1.807) is 4.74 Å². The minimum Gasteiger partial charge on any atom is -0.454 e. The Balaban J connectivity index is 2.07. The highest BCUT2D eigenvalue weighted by atomic mass is 19.4. The van der Waals surface area contributed by atoms with Gasteiger partial charge in [0.05, 0.1) is 0 Å². The van der Waals surface area contributed by atoms with Gasteiger partial charge in [0.15, 0.2) is 5.82 Å². The van der Waals surface area contributed by atoms with Gasteiger partial charge in [-0.15, -0.1) is 0 Å². The van der Waals surface area contributed by atoms with Crippen molar-refractivity contribution in [3.63, 3.8) is 0 Å². The van der Waals surface area contributed by atoms with Crippen LogP contribution in [-0.2, 0) is 11.2 Å². The second-order valence-electron chi connectivity index (χ2n) is 9.30. The third-order valence-electron chi connectivity index (χ3n) is 5.92. The third-order valence-corrected chi connectivity index (χ3v) is 5.92. The minimum absolute atomic E-state index is 0.0964. The maximum absolute atomic E-state index is 14.0. The molecule has 0 amide bonds. The Kier molecular flexibility index (Phi) is 11.3. The SMILES string of the molecule is CCCCCCCCc1cnc(-c2ccc(OC(F)C(F)(F)C(F)(F)OC(F)(F)C(F)(F)C(F)(F)C(F)(F)F)cc2)nc1. The molecule has 0 bridgehead atoms. The van der Waals surface area contributed by atoms with Crippen LogP contribution in [-0.4, -0.2) is 52.5 Å². The summed E-state index contributed by atoms with van der Waals surface area (Å²) < 4.78 is 190. The molecule has 2 aromatic rings. The van der Waals surface area contributed by atoms with Crippen LogP contribution in [0.1, 0.15) is 51.0 Å². The van der Waals surface area contributed by atoms with Crippen molar-refractivity contribution < 1.29 is 70.9 Å². The summed E-state index contributed by atoms with van der Waals surface area (Å²) in [6, 6.07) is 3.53. The zero-order valence-corrected chi connectivity index (χ0v) is 22.0. The molecule has 1 heterocycles. The second kappa shape index (κ2) is 13.4. The van der Waals surface area contributed by atoms with Crippen molar-refractivity contribution in [2.45, 2.75) is 94.4 Å². The van der Waals surface area contributed by atoms with Crippen LogP contribution in [0.3, 0.4) is 0 Å². The Labute approximate surface area is 235 Å². The molecule has 18 heteroatoms. The van der Waals surface area contributed by atoms with Crippen LogP contribution in [0.2, 0.25) is 0 Å². The number of hydrogen-bond acceptors (Lipinski definition) is 4. The fraction of sp³-hybridized carbons (Fsp3) is 0.600. The fourth-order valence-electron chi connectivity index (χ4n) is 3.40. The molecule has 0 aliphatic heterocycles. The Bertz CT molecular complexity index is 1160. The molecule has 1 aromatic carbocycles. The molecule has 4 nitrogen and oxygen atoms in total. The highest BCUT2D eigenvalue weighted by Crippen LogP contribution is 2.56. The molecule has 0 fully saturated rings. The van der Waals surface area contributed by atoms with Crippen molar-refractivity contribution >= 4 is 0 Å². The number of alkyl halides is 14. The molecule has 0 aliphatic carbocycles. The lowest BCUT2D eigenvalue weighted by Crippen LogP contribution is -2.65. The Morgan fingerprint density at radius 3 is 1.70 bits per heavy atom. The number of nitrogens with zero attached hydrogens (tertiary/aromatic N) is 2. The van der Waals surface area contributed by atoms with Gasteiger partial charge >= 0.3 is 42.5 Å². The van der Waals surface area contributed by atoms with E-state index in [2.05, 4.69) is 21.6 Å². The van der Waals surface area contributed by atoms with Crippen LogP contribution < -0.4 is 4.74 Å². The molecule has 0 N–H and O–H groups in total. The number of ether oxygens (including phenoxy) is 2. The van der Waals surface area contributed by atoms with Gasteiger partial charge in [0.2, 0.25) is 0 Å². The van der Waals surface area contributed by atoms with Gasteiger partial charge in [-0.3, -0.25) is 0 Å². The van der Waals surface area contributed by atoms with E-state index in [-0.39, 0.29) is 11.4 Å². The first-order chi connectivity index (χ1) is 19.6. The summed E-state index contributed by atoms with van der Waals surface area (Å²) >= 11 is 0. The summed E-state index contributed by atoms with van der Waals surface area (Å²) in [7, 11) is 0. The zero-order valence-electron chi connectivity index (χ0n) is 22.0. The van der Waals surface area contributed by atoms with Crippen molar-refractivity contribution in [1.29, 1.82) is 0 Å². The summed E-state index contributed by atoms with van der Waals surface area (Å²) in [5.41, 5.74) is 1.01. The molecule has 244 valence electrons. The fourth-order valence-corrected chi connectivity index (χ4v) is 3.40. The van der Waals surface area contributed by atoms with Crippen LogP contribution in [0, 0.1) is 0 Å². The van der Waals surface area contributed by atoms with Gasteiger partial charge in [0.1, 0.15) is 5.75 Å². The highest BCUT2D eigenvalue weighted by Gasteiger charge is 2.85. The molecule has 0 aliphatic rings. The second-order valence-corrected chi connectivity index (χ2v) is 9.30. The van der Waals surface area contributed by atoms with Gasteiger partial charge < -0.3 is 4.74 Å². The molecule has 1 atom stereocenters. The lowest BCUT2D eigenvalue weighted by molar-refractivity contribution is -0.508. The predicted molar refractivity (Wildman–Crippen MR) is 122 cm³/mol. The number of aryl methyl sites for hydroxylation is 1. The molecule has 2 rings (SSSR count). The minimum atomic E-state index is -7.82. The molecule has 0 spiro atoms. The van der Waals surface area contributed by atoms with E-state index in [1.807, 2.05) is 0 Å². The van der Waals surface area contributed by atoms with E-state index in [0.717, 1.165) is 68.4 Å². The van der Waals surface area contributed by atoms with E-state index in [4.69, 9.17) is 0 Å². The van der Waals surface area contributed by atoms with Crippen LogP contribution >= 0.6 is 0 Å². The summed E-state index contributed by atoms with van der Waals surface area (Å²) in [6.07, 6.45) is -16.6. The number of hydrogen-bond donors (Lipinski definition) is 0. The van der Waals surface area contributed by atoms with Gasteiger partial charge in [-0.25, -0.2) is 14.7 Å². The first-order valence-corrected chi connectivity index (χ1v) is 12.5. The summed E-state index contributed by atoms with van der Waals surface area (Å²) in [5.74, 6) is -23.0. The van der Waals surface area contributed by atoms with Gasteiger partial charge in [0, 0.05) is 18.0 Å². The van der Waals surface area contributed by atoms with Crippen LogP contribution in [0.4, 0.5) is 61.5 Å². The molecule has 1 unspecified atom stereocenters. The molecular formula is C25H24F14N2O2. The normalized spacial score (nSPS) is 14.6. The summed E-state index contributed by atoms with van der Waals surface area (Å²) in [5, 5.41) is 0. The smallest absolute Gasteiger partial charge is 0.454 e. The molecule has 0 radical (unpaired) electrons. The molecule has 0 saturated heterocycles. The molecule has 43 heavy (non-hydrogen) atoms. The maximum Gasteiger partial charge on any atom is 0.460 e. The number of rotatable bonds is 16. The number of benzene rings is 1. The van der Waals surface area contributed by atoms with Gasteiger partial charge in [-0.2, -0.15) is 61.5 Å². The topological polar surface area (TPSA) is 44.2 Å². The van der Waals surface area contributed by atoms with E-state index in [9.17, 15) is 61.5 Å². The van der Waals surface area contributed by atoms with Gasteiger partial charge in [-0.1, -0.05) is 39.0 Å². The third kappa shape index (κ3) is 8.17. The monoisotopic (exact) mass is 650 g/mol.